The maximum atomic E-state index is 13.3. The lowest BCUT2D eigenvalue weighted by Crippen LogP contribution is -2.46. The SMILES string of the molecule is Nc1c(C(=O)N2CCOC(CO)C2)sc2ccc(F)cc12. The summed E-state index contributed by atoms with van der Waals surface area (Å²) in [6.07, 6.45) is -0.365. The summed E-state index contributed by atoms with van der Waals surface area (Å²) in [5.41, 5.74) is 6.31. The maximum absolute atomic E-state index is 13.3. The number of nitrogens with zero attached hydrogens (tertiary/aromatic N) is 1. The molecule has 2 heterocycles. The number of hydrogen-bond donors (Lipinski definition) is 2. The number of aliphatic hydroxyl groups excluding tert-OH is 1. The number of rotatable bonds is 2. The molecule has 0 saturated carbocycles. The Bertz CT molecular complexity index is 688. The van der Waals surface area contributed by atoms with Gasteiger partial charge in [-0.05, 0) is 18.2 Å². The minimum absolute atomic E-state index is 0.128. The molecular formula is C14H15FN2O3S. The Morgan fingerprint density at radius 3 is 3.14 bits per heavy atom. The van der Waals surface area contributed by atoms with E-state index in [2.05, 4.69) is 0 Å². The summed E-state index contributed by atoms with van der Waals surface area (Å²) in [6.45, 7) is 1.04. The number of halogens is 1. The Balaban J connectivity index is 1.92. The van der Waals surface area contributed by atoms with E-state index in [1.54, 1.807) is 11.0 Å². The van der Waals surface area contributed by atoms with Gasteiger partial charge < -0.3 is 20.5 Å². The minimum Gasteiger partial charge on any atom is -0.397 e. The summed E-state index contributed by atoms with van der Waals surface area (Å²) < 4.78 is 19.4. The number of benzene rings is 1. The van der Waals surface area contributed by atoms with E-state index in [-0.39, 0.29) is 24.4 Å². The van der Waals surface area contributed by atoms with Crippen LogP contribution in [0.2, 0.25) is 0 Å². The predicted octanol–water partition coefficient (Wildman–Crippen LogP) is 1.46. The molecule has 7 heteroatoms. The van der Waals surface area contributed by atoms with Crippen LogP contribution >= 0.6 is 11.3 Å². The van der Waals surface area contributed by atoms with E-state index >= 15 is 0 Å². The van der Waals surface area contributed by atoms with Crippen molar-refractivity contribution < 1.29 is 19.0 Å². The van der Waals surface area contributed by atoms with Gasteiger partial charge in [-0.2, -0.15) is 0 Å². The number of fused-ring (bicyclic) bond motifs is 1. The van der Waals surface area contributed by atoms with Crippen molar-refractivity contribution in [3.05, 3.63) is 28.9 Å². The van der Waals surface area contributed by atoms with E-state index in [0.29, 0.717) is 35.6 Å². The van der Waals surface area contributed by atoms with Crippen molar-refractivity contribution in [3.8, 4) is 0 Å². The lowest BCUT2D eigenvalue weighted by atomic mass is 10.2. The molecular weight excluding hydrogens is 295 g/mol. The van der Waals surface area contributed by atoms with Gasteiger partial charge in [-0.3, -0.25) is 4.79 Å². The number of nitrogen functional groups attached to an aromatic ring is 1. The highest BCUT2D eigenvalue weighted by atomic mass is 32.1. The summed E-state index contributed by atoms with van der Waals surface area (Å²) in [4.78, 5) is 14.6. The van der Waals surface area contributed by atoms with Gasteiger partial charge in [-0.1, -0.05) is 0 Å². The van der Waals surface area contributed by atoms with Crippen molar-refractivity contribution in [1.82, 2.24) is 4.90 Å². The van der Waals surface area contributed by atoms with E-state index in [1.807, 2.05) is 0 Å². The molecule has 0 bridgehead atoms. The maximum Gasteiger partial charge on any atom is 0.266 e. The number of morpholine rings is 1. The van der Waals surface area contributed by atoms with Crippen LogP contribution in [0.25, 0.3) is 10.1 Å². The van der Waals surface area contributed by atoms with Crippen molar-refractivity contribution in [2.75, 3.05) is 32.0 Å². The number of nitrogens with two attached hydrogens (primary N) is 1. The first-order valence-corrected chi connectivity index (χ1v) is 7.41. The van der Waals surface area contributed by atoms with Crippen molar-refractivity contribution >= 4 is 33.0 Å². The quantitative estimate of drug-likeness (QED) is 0.880. The van der Waals surface area contributed by atoms with Crippen LogP contribution in [-0.2, 0) is 4.74 Å². The molecule has 0 radical (unpaired) electrons. The number of carbonyl (C=O) groups excluding carboxylic acids is 1. The molecule has 112 valence electrons. The molecule has 3 N–H and O–H groups in total. The zero-order valence-corrected chi connectivity index (χ0v) is 12.0. The summed E-state index contributed by atoms with van der Waals surface area (Å²) in [5, 5.41) is 9.70. The highest BCUT2D eigenvalue weighted by Crippen LogP contribution is 2.35. The topological polar surface area (TPSA) is 75.8 Å². The molecule has 1 aliphatic heterocycles. The largest absolute Gasteiger partial charge is 0.397 e. The normalized spacial score (nSPS) is 19.1. The number of hydrogen-bond acceptors (Lipinski definition) is 5. The van der Waals surface area contributed by atoms with Crippen LogP contribution in [-0.4, -0.2) is 48.3 Å². The molecule has 1 aromatic heterocycles. The van der Waals surface area contributed by atoms with E-state index < -0.39 is 0 Å². The van der Waals surface area contributed by atoms with Gasteiger partial charge in [0.2, 0.25) is 0 Å². The lowest BCUT2D eigenvalue weighted by Gasteiger charge is -2.31. The molecule has 1 fully saturated rings. The van der Waals surface area contributed by atoms with E-state index in [1.165, 1.54) is 23.5 Å². The summed E-state index contributed by atoms with van der Waals surface area (Å²) in [7, 11) is 0. The summed E-state index contributed by atoms with van der Waals surface area (Å²) in [6, 6.07) is 4.31. The van der Waals surface area contributed by atoms with Crippen LogP contribution in [0.1, 0.15) is 9.67 Å². The number of anilines is 1. The first-order valence-electron chi connectivity index (χ1n) is 6.59. The highest BCUT2D eigenvalue weighted by Gasteiger charge is 2.27. The third-order valence-corrected chi connectivity index (χ3v) is 4.69. The van der Waals surface area contributed by atoms with Crippen LogP contribution in [0.15, 0.2) is 18.2 Å². The molecule has 0 spiro atoms. The molecule has 0 aliphatic carbocycles. The Kier molecular flexibility index (Phi) is 3.79. The number of ether oxygens (including phenoxy) is 1. The molecule has 3 rings (SSSR count). The van der Waals surface area contributed by atoms with Crippen molar-refractivity contribution in [2.45, 2.75) is 6.10 Å². The molecule has 1 saturated heterocycles. The van der Waals surface area contributed by atoms with Crippen LogP contribution in [0.5, 0.6) is 0 Å². The number of aliphatic hydroxyl groups is 1. The fourth-order valence-corrected chi connectivity index (χ4v) is 3.48. The monoisotopic (exact) mass is 310 g/mol. The summed E-state index contributed by atoms with van der Waals surface area (Å²) >= 11 is 1.26. The van der Waals surface area contributed by atoms with Gasteiger partial charge in [0.05, 0.1) is 25.0 Å². The predicted molar refractivity (Wildman–Crippen MR) is 78.9 cm³/mol. The molecule has 1 unspecified atom stereocenters. The smallest absolute Gasteiger partial charge is 0.266 e. The fraction of sp³-hybridized carbons (Fsp3) is 0.357. The zero-order chi connectivity index (χ0) is 15.0. The second-order valence-electron chi connectivity index (χ2n) is 4.91. The van der Waals surface area contributed by atoms with Crippen LogP contribution in [0.4, 0.5) is 10.1 Å². The first kappa shape index (κ1) is 14.2. The van der Waals surface area contributed by atoms with Gasteiger partial charge in [-0.25, -0.2) is 4.39 Å². The Hall–Kier alpha value is -1.70. The molecule has 1 atom stereocenters. The Labute approximate surface area is 124 Å². The first-order chi connectivity index (χ1) is 10.1. The van der Waals surface area contributed by atoms with Crippen molar-refractivity contribution in [3.63, 3.8) is 0 Å². The van der Waals surface area contributed by atoms with E-state index in [0.717, 1.165) is 4.70 Å². The van der Waals surface area contributed by atoms with Crippen LogP contribution in [0.3, 0.4) is 0 Å². The molecule has 2 aromatic rings. The lowest BCUT2D eigenvalue weighted by molar-refractivity contribution is -0.0445. The highest BCUT2D eigenvalue weighted by molar-refractivity contribution is 7.21. The second kappa shape index (κ2) is 5.59. The van der Waals surface area contributed by atoms with Gasteiger partial charge in [-0.15, -0.1) is 11.3 Å². The molecule has 5 nitrogen and oxygen atoms in total. The third kappa shape index (κ3) is 2.59. The van der Waals surface area contributed by atoms with Crippen molar-refractivity contribution in [2.24, 2.45) is 0 Å². The van der Waals surface area contributed by atoms with Gasteiger partial charge in [0, 0.05) is 23.2 Å². The third-order valence-electron chi connectivity index (χ3n) is 3.51. The Morgan fingerprint density at radius 1 is 1.57 bits per heavy atom. The van der Waals surface area contributed by atoms with Crippen LogP contribution in [0, 0.1) is 5.82 Å². The van der Waals surface area contributed by atoms with E-state index in [9.17, 15) is 9.18 Å². The number of amides is 1. The fourth-order valence-electron chi connectivity index (χ4n) is 2.41. The standard InChI is InChI=1S/C14H15FN2O3S/c15-8-1-2-11-10(5-8)12(16)13(21-11)14(19)17-3-4-20-9(6-17)7-18/h1-2,5,9,18H,3-4,6-7,16H2. The average Bonchev–Trinajstić information content (AvgIpc) is 2.83. The van der Waals surface area contributed by atoms with E-state index in [4.69, 9.17) is 15.6 Å². The molecule has 1 amide bonds. The molecule has 21 heavy (non-hydrogen) atoms. The van der Waals surface area contributed by atoms with Gasteiger partial charge in [0.15, 0.2) is 0 Å². The number of thiophene rings is 1. The van der Waals surface area contributed by atoms with Gasteiger partial charge in [0.25, 0.3) is 5.91 Å². The average molecular weight is 310 g/mol. The number of carbonyl (C=O) groups is 1. The second-order valence-corrected chi connectivity index (χ2v) is 5.96. The van der Waals surface area contributed by atoms with Crippen LogP contribution < -0.4 is 5.73 Å². The van der Waals surface area contributed by atoms with Gasteiger partial charge in [0.1, 0.15) is 10.7 Å². The Morgan fingerprint density at radius 2 is 2.38 bits per heavy atom. The zero-order valence-electron chi connectivity index (χ0n) is 11.2. The molecule has 1 aliphatic rings. The molecule has 1 aromatic carbocycles. The summed E-state index contributed by atoms with van der Waals surface area (Å²) in [5.74, 6) is -0.575. The van der Waals surface area contributed by atoms with Gasteiger partial charge >= 0.3 is 0 Å². The minimum atomic E-state index is -0.377. The van der Waals surface area contributed by atoms with Crippen molar-refractivity contribution in [1.29, 1.82) is 0 Å².